The van der Waals surface area contributed by atoms with E-state index >= 15 is 9.59 Å². The number of nitrogens with zero attached hydrogens (tertiary/aromatic N) is 1. The Labute approximate surface area is 441 Å². The number of aliphatic hydroxyl groups excluding tert-OH is 2. The highest BCUT2D eigenvalue weighted by molar-refractivity contribution is 5.93. The number of hydrogen-bond donors (Lipinski definition) is 3. The maximum Gasteiger partial charge on any atom is 0.339 e. The van der Waals surface area contributed by atoms with Gasteiger partial charge in [-0.2, -0.15) is 0 Å². The fourth-order valence-corrected chi connectivity index (χ4v) is 22.6. The van der Waals surface area contributed by atoms with Gasteiger partial charge in [0.2, 0.25) is 0 Å². The van der Waals surface area contributed by atoms with Crippen LogP contribution in [-0.4, -0.2) is 94.3 Å². The molecule has 5 spiro atoms. The number of aryl methyl sites for hydroxylation is 1. The molecule has 4 bridgehead atoms. The number of fused-ring (bicyclic) bond motifs is 7. The van der Waals surface area contributed by atoms with Crippen molar-refractivity contribution in [1.82, 2.24) is 10.2 Å². The molecule has 5 saturated heterocycles. The highest BCUT2D eigenvalue weighted by Gasteiger charge is 2.96. The number of carbonyl (C=O) groups is 3. The summed E-state index contributed by atoms with van der Waals surface area (Å²) >= 11 is 0. The Morgan fingerprint density at radius 2 is 1.72 bits per heavy atom. The van der Waals surface area contributed by atoms with E-state index in [1.807, 2.05) is 20.1 Å². The molecule has 1 aromatic carbocycles. The lowest BCUT2D eigenvalue weighted by Crippen LogP contribution is -2.82. The van der Waals surface area contributed by atoms with Crippen molar-refractivity contribution < 1.29 is 48.0 Å². The Kier molecular flexibility index (Phi) is 9.81. The Balaban J connectivity index is 0.880. The van der Waals surface area contributed by atoms with Gasteiger partial charge in [-0.3, -0.25) is 14.9 Å². The SMILES string of the molecule is CC1(C)O[C@H]2C3(CCCC3)C(=O)OC[C@@]23[C@@H]1C(=O)[C@@H](O)[C@]12[C@@H]3CC[C@]3(C)[C@@]14O[C@@H]4C(=O)O[C@@]31c3c(coc3C[C@@H]3[C@H]4C[C@H]5C=CN6CNC[C@H]6[C@@H]5C[C@@H]4CC[C@H]3O)CC[C@H]1C#C[C@@H]1CC[C@@H](Cc3ccccc3)C[C@@H]12. The zero-order valence-corrected chi connectivity index (χ0v) is 44.1. The number of ether oxygens (including phenoxy) is 4. The van der Waals surface area contributed by atoms with Gasteiger partial charge in [-0.25, -0.2) is 4.79 Å². The molecule has 3 N–H and O–H groups in total. The van der Waals surface area contributed by atoms with E-state index in [1.54, 1.807) is 0 Å². The summed E-state index contributed by atoms with van der Waals surface area (Å²) in [5.41, 5.74) is -4.74. The molecule has 7 heterocycles. The summed E-state index contributed by atoms with van der Waals surface area (Å²) in [6.07, 6.45) is 16.3. The number of furan rings is 1. The maximum absolute atomic E-state index is 16.4. The lowest BCUT2D eigenvalue weighted by Gasteiger charge is -2.72. The Morgan fingerprint density at radius 3 is 2.56 bits per heavy atom. The molecule has 12 nitrogen and oxygen atoms in total. The van der Waals surface area contributed by atoms with Crippen LogP contribution in [0.1, 0.15) is 133 Å². The highest BCUT2D eigenvalue weighted by atomic mass is 16.7. The average Bonchev–Trinajstić information content (AvgIpc) is 3.71. The molecule has 0 radical (unpaired) electrons. The maximum atomic E-state index is 16.4. The normalized spacial score (nSPS) is 50.4. The predicted molar refractivity (Wildman–Crippen MR) is 272 cm³/mol. The Bertz CT molecular complexity index is 2860. The van der Waals surface area contributed by atoms with Crippen LogP contribution in [0, 0.1) is 98.6 Å². The molecule has 6 saturated carbocycles. The van der Waals surface area contributed by atoms with Crippen LogP contribution in [0.5, 0.6) is 0 Å². The number of aliphatic hydroxyl groups is 2. The van der Waals surface area contributed by atoms with Gasteiger partial charge in [-0.15, -0.1) is 0 Å². The average molecular weight is 1020 g/mol. The predicted octanol–water partition coefficient (Wildman–Crippen LogP) is 7.60. The fourth-order valence-electron chi connectivity index (χ4n) is 22.6. The molecule has 11 fully saturated rings. The van der Waals surface area contributed by atoms with Crippen molar-refractivity contribution in [3.05, 3.63) is 71.3 Å². The lowest BCUT2D eigenvalue weighted by atomic mass is 9.30. The number of hydrogen-bond acceptors (Lipinski definition) is 12. The van der Waals surface area contributed by atoms with Crippen LogP contribution in [0.15, 0.2) is 53.3 Å². The van der Waals surface area contributed by atoms with E-state index in [9.17, 15) is 15.0 Å². The topological polar surface area (TPSA) is 160 Å². The first-order valence-corrected chi connectivity index (χ1v) is 29.7. The molecular weight excluding hydrogens is 945 g/mol. The van der Waals surface area contributed by atoms with Crippen molar-refractivity contribution >= 4 is 17.7 Å². The molecule has 6 aliphatic heterocycles. The lowest BCUT2D eigenvalue weighted by molar-refractivity contribution is -0.307. The zero-order valence-electron chi connectivity index (χ0n) is 44.1. The van der Waals surface area contributed by atoms with Crippen LogP contribution in [0.3, 0.4) is 0 Å². The van der Waals surface area contributed by atoms with Gasteiger partial charge in [0.05, 0.1) is 48.0 Å². The van der Waals surface area contributed by atoms with E-state index in [2.05, 4.69) is 71.6 Å². The molecule has 75 heavy (non-hydrogen) atoms. The number of allylic oxidation sites excluding steroid dienone is 1. The van der Waals surface area contributed by atoms with E-state index < -0.39 is 86.6 Å². The standard InChI is InChI=1S/C63H76N2O10/c1-57(2)51-50(67)52(68)61-44-26-35(25-34-9-5-4-6-10-34)11-12-36(44)13-16-40-17-14-39-31-71-47(29-43-41-27-38-20-24-65-33-64-30-45(65)42(38)28-37(41)15-18-46(43)66)49(39)62(40)58(3,63(61)53(73-63)54(69)74-62)23-19-48(61)60(51)32-72-56(70)59(55(60)75-57)21-7-8-22-59/h4-6,9-10,20,24,31,35-38,40-46,48,51-53,55,64,66,68H,7-8,11-12,14-15,17-19,21-23,25-30,32-33H2,1-3H3/t35-,36-,37-,38+,40+,41-,42+,43+,44-,45-,46+,48+,51+,52+,53+,55-,58-,60+,61-,62-,63+/m0/s1. The number of nitrogens with one attached hydrogen (secondary N) is 1. The van der Waals surface area contributed by atoms with Gasteiger partial charge < -0.3 is 38.5 Å². The second-order valence-corrected chi connectivity index (χ2v) is 27.9. The van der Waals surface area contributed by atoms with Crippen molar-refractivity contribution in [2.45, 2.75) is 177 Å². The Morgan fingerprint density at radius 1 is 0.880 bits per heavy atom. The summed E-state index contributed by atoms with van der Waals surface area (Å²) in [4.78, 5) is 49.2. The largest absolute Gasteiger partial charge is 0.469 e. The molecule has 12 heteroatoms. The van der Waals surface area contributed by atoms with Crippen LogP contribution >= 0.6 is 0 Å². The minimum absolute atomic E-state index is 0.0263. The summed E-state index contributed by atoms with van der Waals surface area (Å²) in [5.74, 6) is 7.70. The quantitative estimate of drug-likeness (QED) is 0.157. The van der Waals surface area contributed by atoms with Crippen molar-refractivity contribution in [3.63, 3.8) is 0 Å². The number of Topliss-reactive ketones (excluding diaryl/α,β-unsaturated/α-hetero) is 1. The number of cyclic esters (lactones) is 1. The van der Waals surface area contributed by atoms with Crippen molar-refractivity contribution in [3.8, 4) is 11.8 Å². The van der Waals surface area contributed by atoms with Gasteiger partial charge >= 0.3 is 11.9 Å². The summed E-state index contributed by atoms with van der Waals surface area (Å²) in [7, 11) is 0. The number of rotatable bonds is 4. The second-order valence-electron chi connectivity index (χ2n) is 27.9. The first kappa shape index (κ1) is 47.0. The van der Waals surface area contributed by atoms with Crippen LogP contribution in [-0.2, 0) is 58.2 Å². The molecule has 16 rings (SSSR count). The zero-order chi connectivity index (χ0) is 50.8. The minimum atomic E-state index is -1.51. The van der Waals surface area contributed by atoms with Gasteiger partial charge in [-0.05, 0) is 168 Å². The third-order valence-corrected chi connectivity index (χ3v) is 25.1. The van der Waals surface area contributed by atoms with Gasteiger partial charge in [0.25, 0.3) is 0 Å². The van der Waals surface area contributed by atoms with Crippen molar-refractivity contribution in [1.29, 1.82) is 0 Å². The van der Waals surface area contributed by atoms with Crippen LogP contribution in [0.2, 0.25) is 0 Å². The van der Waals surface area contributed by atoms with E-state index in [0.717, 1.165) is 87.9 Å². The third-order valence-electron chi connectivity index (χ3n) is 25.1. The van der Waals surface area contributed by atoms with Gasteiger partial charge in [-0.1, -0.05) is 68.0 Å². The smallest absolute Gasteiger partial charge is 0.339 e. The van der Waals surface area contributed by atoms with E-state index in [0.29, 0.717) is 81.1 Å². The number of benzene rings is 1. The molecular formula is C63H76N2O10. The molecule has 8 aliphatic carbocycles. The number of epoxide rings is 1. The molecule has 0 amide bonds. The Hall–Kier alpha value is -3.99. The fraction of sp³-hybridized carbons (Fsp3) is 0.730. The minimum Gasteiger partial charge on any atom is -0.469 e. The van der Waals surface area contributed by atoms with Crippen LogP contribution in [0.4, 0.5) is 0 Å². The molecule has 21 atom stereocenters. The van der Waals surface area contributed by atoms with Crippen LogP contribution in [0.25, 0.3) is 0 Å². The molecule has 1 aromatic heterocycles. The van der Waals surface area contributed by atoms with Gasteiger partial charge in [0, 0.05) is 46.7 Å². The summed E-state index contributed by atoms with van der Waals surface area (Å²) in [6.45, 7) is 8.22. The van der Waals surface area contributed by atoms with Crippen LogP contribution < -0.4 is 5.32 Å². The van der Waals surface area contributed by atoms with Gasteiger partial charge in [0.1, 0.15) is 24.1 Å². The molecule has 398 valence electrons. The molecule has 2 aromatic rings. The first-order valence-electron chi connectivity index (χ1n) is 29.7. The molecule has 0 unspecified atom stereocenters. The number of esters is 2. The third kappa shape index (κ3) is 5.57. The monoisotopic (exact) mass is 1020 g/mol. The number of carbonyl (C=O) groups excluding carboxylic acids is 3. The summed E-state index contributed by atoms with van der Waals surface area (Å²) in [5, 5.41) is 30.0. The second kappa shape index (κ2) is 15.6. The van der Waals surface area contributed by atoms with Crippen molar-refractivity contribution in [2.24, 2.45) is 86.8 Å². The van der Waals surface area contributed by atoms with Gasteiger partial charge in [0.15, 0.2) is 17.5 Å². The summed E-state index contributed by atoms with van der Waals surface area (Å²) < 4.78 is 35.8. The van der Waals surface area contributed by atoms with E-state index in [4.69, 9.17) is 23.4 Å². The number of ketones is 1. The van der Waals surface area contributed by atoms with Crippen molar-refractivity contribution in [2.75, 3.05) is 19.8 Å². The highest BCUT2D eigenvalue weighted by Crippen LogP contribution is 2.86. The van der Waals surface area contributed by atoms with E-state index in [1.165, 1.54) is 5.56 Å². The molecule has 14 aliphatic rings. The van der Waals surface area contributed by atoms with E-state index in [-0.39, 0.29) is 42.0 Å². The first-order chi connectivity index (χ1) is 36.2. The summed E-state index contributed by atoms with van der Waals surface area (Å²) in [6, 6.07) is 11.2.